The third-order valence-corrected chi connectivity index (χ3v) is 1.22. The van der Waals surface area contributed by atoms with Crippen molar-refractivity contribution < 1.29 is 0 Å². The lowest BCUT2D eigenvalue weighted by atomic mass is 10.6. The molecule has 0 unspecified atom stereocenters. The van der Waals surface area contributed by atoms with Crippen LogP contribution in [0, 0.1) is 0 Å². The molecule has 4 N–H and O–H groups in total. The normalized spacial score (nSPS) is 9.50. The first-order chi connectivity index (χ1) is 5.86. The molecule has 0 atom stereocenters. The number of rotatable bonds is 4. The van der Waals surface area contributed by atoms with Gasteiger partial charge in [-0.05, 0) is 0 Å². The van der Waals surface area contributed by atoms with Gasteiger partial charge >= 0.3 is 0 Å². The number of nitrogens with two attached hydrogens (primary N) is 1. The van der Waals surface area contributed by atoms with Crippen LogP contribution in [0.15, 0.2) is 6.33 Å². The Morgan fingerprint density at radius 2 is 2.17 bits per heavy atom. The molecule has 1 aromatic rings. The molecule has 0 amide bonds. The summed E-state index contributed by atoms with van der Waals surface area (Å²) in [6, 6.07) is 0. The number of nitrogens with one attached hydrogen (secondary N) is 2. The van der Waals surface area contributed by atoms with Crippen LogP contribution in [0.25, 0.3) is 0 Å². The highest BCUT2D eigenvalue weighted by Gasteiger charge is 1.95. The van der Waals surface area contributed by atoms with Gasteiger partial charge in [0.15, 0.2) is 0 Å². The number of nitrogens with zero attached hydrogens (tertiary/aromatic N) is 3. The summed E-state index contributed by atoms with van der Waals surface area (Å²) in [5.41, 5.74) is 5.30. The Hall–Kier alpha value is -1.43. The van der Waals surface area contributed by atoms with Crippen molar-refractivity contribution >= 4 is 11.9 Å². The quantitative estimate of drug-likeness (QED) is 0.550. The van der Waals surface area contributed by atoms with Crippen LogP contribution in [-0.4, -0.2) is 35.1 Å². The zero-order valence-corrected chi connectivity index (χ0v) is 6.91. The van der Waals surface area contributed by atoms with E-state index in [4.69, 9.17) is 5.73 Å². The number of hydrogen-bond donors (Lipinski definition) is 3. The molecule has 12 heavy (non-hydrogen) atoms. The van der Waals surface area contributed by atoms with E-state index in [1.54, 1.807) is 7.05 Å². The summed E-state index contributed by atoms with van der Waals surface area (Å²) >= 11 is 0. The maximum Gasteiger partial charge on any atom is 0.227 e. The Balaban J connectivity index is 2.60. The highest BCUT2D eigenvalue weighted by molar-refractivity contribution is 5.31. The van der Waals surface area contributed by atoms with Crippen LogP contribution >= 0.6 is 0 Å². The van der Waals surface area contributed by atoms with E-state index in [1.165, 1.54) is 6.33 Å². The third kappa shape index (κ3) is 2.31. The molecule has 0 aliphatic carbocycles. The van der Waals surface area contributed by atoms with E-state index in [2.05, 4.69) is 25.6 Å². The van der Waals surface area contributed by atoms with Gasteiger partial charge in [-0.15, -0.1) is 0 Å². The molecule has 6 heteroatoms. The van der Waals surface area contributed by atoms with Crippen LogP contribution in [0.2, 0.25) is 0 Å². The van der Waals surface area contributed by atoms with Gasteiger partial charge < -0.3 is 16.4 Å². The third-order valence-electron chi connectivity index (χ3n) is 1.22. The Morgan fingerprint density at radius 1 is 1.42 bits per heavy atom. The molecular formula is C6H12N6. The number of anilines is 2. The van der Waals surface area contributed by atoms with Gasteiger partial charge in [0.1, 0.15) is 6.33 Å². The van der Waals surface area contributed by atoms with E-state index in [-0.39, 0.29) is 0 Å². The first-order valence-electron chi connectivity index (χ1n) is 3.67. The molecule has 0 spiro atoms. The van der Waals surface area contributed by atoms with Crippen LogP contribution in [-0.2, 0) is 0 Å². The van der Waals surface area contributed by atoms with Crippen molar-refractivity contribution in [3.05, 3.63) is 6.33 Å². The average Bonchev–Trinajstić information content (AvgIpc) is 2.15. The monoisotopic (exact) mass is 168 g/mol. The fourth-order valence-electron chi connectivity index (χ4n) is 0.686. The molecule has 1 aromatic heterocycles. The van der Waals surface area contributed by atoms with Gasteiger partial charge in [0.2, 0.25) is 11.9 Å². The first kappa shape index (κ1) is 8.66. The highest BCUT2D eigenvalue weighted by atomic mass is 15.2. The van der Waals surface area contributed by atoms with Crippen molar-refractivity contribution in [1.29, 1.82) is 0 Å². The minimum Gasteiger partial charge on any atom is -0.357 e. The molecule has 6 nitrogen and oxygen atoms in total. The summed E-state index contributed by atoms with van der Waals surface area (Å²) in [4.78, 5) is 11.8. The second kappa shape index (κ2) is 4.45. The lowest BCUT2D eigenvalue weighted by molar-refractivity contribution is 0.968. The molecular weight excluding hydrogens is 156 g/mol. The lowest BCUT2D eigenvalue weighted by Gasteiger charge is -2.02. The smallest absolute Gasteiger partial charge is 0.227 e. The molecule has 1 heterocycles. The van der Waals surface area contributed by atoms with E-state index in [9.17, 15) is 0 Å². The molecule has 0 saturated carbocycles. The number of hydrogen-bond acceptors (Lipinski definition) is 6. The van der Waals surface area contributed by atoms with Crippen molar-refractivity contribution in [2.75, 3.05) is 30.8 Å². The summed E-state index contributed by atoms with van der Waals surface area (Å²) < 4.78 is 0. The van der Waals surface area contributed by atoms with E-state index in [0.717, 1.165) is 0 Å². The summed E-state index contributed by atoms with van der Waals surface area (Å²) in [5, 5.41) is 5.75. The number of aromatic nitrogens is 3. The van der Waals surface area contributed by atoms with Crippen LogP contribution < -0.4 is 16.4 Å². The van der Waals surface area contributed by atoms with E-state index < -0.39 is 0 Å². The minimum atomic E-state index is 0.541. The van der Waals surface area contributed by atoms with Crippen molar-refractivity contribution in [3.8, 4) is 0 Å². The second-order valence-corrected chi connectivity index (χ2v) is 2.10. The fraction of sp³-hybridized carbons (Fsp3) is 0.500. The van der Waals surface area contributed by atoms with E-state index in [1.807, 2.05) is 0 Å². The predicted octanol–water partition coefficient (Wildman–Crippen LogP) is -0.716. The standard InChI is InChI=1S/C6H12N6/c1-8-5-10-4-11-6(12-5)9-3-2-7/h4H,2-3,7H2,1H3,(H2,8,9,10,11,12). The second-order valence-electron chi connectivity index (χ2n) is 2.10. The topological polar surface area (TPSA) is 88.8 Å². The van der Waals surface area contributed by atoms with Gasteiger partial charge in [-0.3, -0.25) is 0 Å². The van der Waals surface area contributed by atoms with E-state index >= 15 is 0 Å². The zero-order valence-electron chi connectivity index (χ0n) is 6.91. The van der Waals surface area contributed by atoms with Crippen molar-refractivity contribution in [3.63, 3.8) is 0 Å². The summed E-state index contributed by atoms with van der Waals surface area (Å²) in [7, 11) is 1.75. The molecule has 66 valence electrons. The molecule has 0 aliphatic rings. The van der Waals surface area contributed by atoms with Gasteiger partial charge in [0.25, 0.3) is 0 Å². The molecule has 0 fully saturated rings. The van der Waals surface area contributed by atoms with Crippen molar-refractivity contribution in [2.24, 2.45) is 5.73 Å². The Kier molecular flexibility index (Phi) is 3.21. The summed E-state index contributed by atoms with van der Waals surface area (Å²) in [6.45, 7) is 1.22. The van der Waals surface area contributed by atoms with Crippen LogP contribution in [0.5, 0.6) is 0 Å². The fourth-order valence-corrected chi connectivity index (χ4v) is 0.686. The van der Waals surface area contributed by atoms with Gasteiger partial charge in [0.05, 0.1) is 0 Å². The molecule has 1 rings (SSSR count). The van der Waals surface area contributed by atoms with Crippen molar-refractivity contribution in [2.45, 2.75) is 0 Å². The SMILES string of the molecule is CNc1ncnc(NCCN)n1. The van der Waals surface area contributed by atoms with Crippen molar-refractivity contribution in [1.82, 2.24) is 15.0 Å². The summed E-state index contributed by atoms with van der Waals surface area (Å²) in [6.07, 6.45) is 1.44. The Labute approximate surface area is 70.6 Å². The maximum atomic E-state index is 5.30. The van der Waals surface area contributed by atoms with Gasteiger partial charge in [-0.25, -0.2) is 9.97 Å². The van der Waals surface area contributed by atoms with E-state index in [0.29, 0.717) is 25.0 Å². The maximum absolute atomic E-state index is 5.30. The van der Waals surface area contributed by atoms with Crippen LogP contribution in [0.4, 0.5) is 11.9 Å². The summed E-state index contributed by atoms with van der Waals surface area (Å²) in [5.74, 6) is 1.09. The Morgan fingerprint density at radius 3 is 2.83 bits per heavy atom. The highest BCUT2D eigenvalue weighted by Crippen LogP contribution is 1.98. The molecule has 0 radical (unpaired) electrons. The Bertz CT molecular complexity index is 237. The van der Waals surface area contributed by atoms with Gasteiger partial charge in [0, 0.05) is 20.1 Å². The molecule has 0 bridgehead atoms. The minimum absolute atomic E-state index is 0.541. The first-order valence-corrected chi connectivity index (χ1v) is 3.67. The largest absolute Gasteiger partial charge is 0.357 e. The van der Waals surface area contributed by atoms with Gasteiger partial charge in [-0.2, -0.15) is 4.98 Å². The van der Waals surface area contributed by atoms with Crippen LogP contribution in [0.3, 0.4) is 0 Å². The molecule has 0 aliphatic heterocycles. The molecule has 0 saturated heterocycles. The molecule has 0 aromatic carbocycles. The van der Waals surface area contributed by atoms with Gasteiger partial charge in [-0.1, -0.05) is 0 Å². The lowest BCUT2D eigenvalue weighted by Crippen LogP contribution is -2.15. The van der Waals surface area contributed by atoms with Crippen LogP contribution in [0.1, 0.15) is 0 Å². The zero-order chi connectivity index (χ0) is 8.81. The predicted molar refractivity (Wildman–Crippen MR) is 46.9 cm³/mol. The average molecular weight is 168 g/mol.